The van der Waals surface area contributed by atoms with Crippen molar-refractivity contribution in [2.75, 3.05) is 5.32 Å². The first-order valence-corrected chi connectivity index (χ1v) is 3.48. The van der Waals surface area contributed by atoms with Crippen molar-refractivity contribution >= 4 is 11.8 Å². The first-order valence-electron chi connectivity index (χ1n) is 3.48. The quantitative estimate of drug-likeness (QED) is 0.720. The highest BCUT2D eigenvalue weighted by Gasteiger charge is 2.34. The van der Waals surface area contributed by atoms with Gasteiger partial charge in [-0.2, -0.15) is 18.3 Å². The summed E-state index contributed by atoms with van der Waals surface area (Å²) in [5, 5.41) is 5.16. The number of amides is 2. The number of nitrogens with two attached hydrogens (primary N) is 1. The third kappa shape index (κ3) is 2.15. The lowest BCUT2D eigenvalue weighted by molar-refractivity contribution is -0.141. The number of carbonyl (C=O) groups is 1. The van der Waals surface area contributed by atoms with Gasteiger partial charge in [0.1, 0.15) is 5.82 Å². The monoisotopic (exact) mass is 208 g/mol. The molecule has 0 aliphatic heterocycles. The number of carbonyl (C=O) groups excluding carboxylic acids is 1. The first-order chi connectivity index (χ1) is 6.30. The summed E-state index contributed by atoms with van der Waals surface area (Å²) in [6.07, 6.45) is -4.53. The molecule has 3 N–H and O–H groups in total. The fourth-order valence-electron chi connectivity index (χ4n) is 0.849. The van der Waals surface area contributed by atoms with Gasteiger partial charge in [-0.25, -0.2) is 4.79 Å². The standard InChI is InChI=1S/C6H7F3N4O/c1-13-4(11-5(10)14)2-3(12-13)6(7,8)9/h2H,1H3,(H3,10,11,14). The van der Waals surface area contributed by atoms with Gasteiger partial charge in [0.25, 0.3) is 0 Å². The van der Waals surface area contributed by atoms with Crippen LogP contribution in [0, 0.1) is 0 Å². The summed E-state index contributed by atoms with van der Waals surface area (Å²) < 4.78 is 37.2. The van der Waals surface area contributed by atoms with Crippen LogP contribution in [0.5, 0.6) is 0 Å². The van der Waals surface area contributed by atoms with Gasteiger partial charge in [-0.15, -0.1) is 0 Å². The fraction of sp³-hybridized carbons (Fsp3) is 0.333. The molecule has 0 fully saturated rings. The number of urea groups is 1. The molecule has 0 aromatic carbocycles. The van der Waals surface area contributed by atoms with Gasteiger partial charge >= 0.3 is 12.2 Å². The summed E-state index contributed by atoms with van der Waals surface area (Å²) in [5.41, 5.74) is 3.66. The summed E-state index contributed by atoms with van der Waals surface area (Å²) in [5.74, 6) is -0.107. The molecule has 0 atom stereocenters. The molecule has 0 spiro atoms. The Labute approximate surface area is 76.7 Å². The minimum Gasteiger partial charge on any atom is -0.351 e. The van der Waals surface area contributed by atoms with Gasteiger partial charge in [0, 0.05) is 13.1 Å². The predicted octanol–water partition coefficient (Wildman–Crippen LogP) is 0.929. The van der Waals surface area contributed by atoms with Crippen molar-refractivity contribution in [1.29, 1.82) is 0 Å². The van der Waals surface area contributed by atoms with Crippen molar-refractivity contribution in [2.45, 2.75) is 6.18 Å². The number of rotatable bonds is 1. The van der Waals surface area contributed by atoms with Crippen LogP contribution in [-0.2, 0) is 13.2 Å². The maximum absolute atomic E-state index is 12.1. The van der Waals surface area contributed by atoms with Crippen molar-refractivity contribution in [3.63, 3.8) is 0 Å². The Hall–Kier alpha value is -1.73. The number of nitrogens with zero attached hydrogens (tertiary/aromatic N) is 2. The number of hydrogen-bond donors (Lipinski definition) is 2. The van der Waals surface area contributed by atoms with E-state index in [1.165, 1.54) is 7.05 Å². The van der Waals surface area contributed by atoms with Gasteiger partial charge in [0.2, 0.25) is 0 Å². The first kappa shape index (κ1) is 10.4. The van der Waals surface area contributed by atoms with E-state index in [4.69, 9.17) is 5.73 Å². The summed E-state index contributed by atoms with van der Waals surface area (Å²) in [7, 11) is 1.26. The average molecular weight is 208 g/mol. The van der Waals surface area contributed by atoms with Crippen LogP contribution in [0.2, 0.25) is 0 Å². The third-order valence-electron chi connectivity index (χ3n) is 1.42. The maximum Gasteiger partial charge on any atom is 0.435 e. The Bertz CT molecular complexity index is 356. The SMILES string of the molecule is Cn1nc(C(F)(F)F)cc1NC(N)=O. The molecule has 0 radical (unpaired) electrons. The number of alkyl halides is 3. The molecule has 8 heteroatoms. The van der Waals surface area contributed by atoms with Crippen LogP contribution < -0.4 is 11.1 Å². The van der Waals surface area contributed by atoms with Gasteiger partial charge in [-0.1, -0.05) is 0 Å². The number of aromatic nitrogens is 2. The molecule has 1 aromatic rings. The molecule has 78 valence electrons. The Balaban J connectivity index is 2.99. The molecule has 5 nitrogen and oxygen atoms in total. The second-order valence-electron chi connectivity index (χ2n) is 2.53. The topological polar surface area (TPSA) is 72.9 Å². The molecule has 0 saturated carbocycles. The van der Waals surface area contributed by atoms with Crippen LogP contribution >= 0.6 is 0 Å². The second kappa shape index (κ2) is 3.20. The van der Waals surface area contributed by atoms with Crippen molar-refractivity contribution in [3.8, 4) is 0 Å². The molecule has 0 aliphatic rings. The largest absolute Gasteiger partial charge is 0.435 e. The van der Waals surface area contributed by atoms with E-state index in [9.17, 15) is 18.0 Å². The van der Waals surface area contributed by atoms with E-state index < -0.39 is 17.9 Å². The third-order valence-corrected chi connectivity index (χ3v) is 1.42. The van der Waals surface area contributed by atoms with Crippen LogP contribution in [0.4, 0.5) is 23.8 Å². The number of hydrogen-bond acceptors (Lipinski definition) is 2. The molecule has 14 heavy (non-hydrogen) atoms. The lowest BCUT2D eigenvalue weighted by Gasteiger charge is -1.99. The second-order valence-corrected chi connectivity index (χ2v) is 2.53. The Kier molecular flexibility index (Phi) is 2.37. The van der Waals surface area contributed by atoms with E-state index in [2.05, 4.69) is 5.10 Å². The highest BCUT2D eigenvalue weighted by molar-refractivity contribution is 5.86. The molecule has 1 rings (SSSR count). The van der Waals surface area contributed by atoms with E-state index in [1.54, 1.807) is 0 Å². The smallest absolute Gasteiger partial charge is 0.351 e. The zero-order chi connectivity index (χ0) is 10.9. The van der Waals surface area contributed by atoms with Crippen LogP contribution in [0.25, 0.3) is 0 Å². The Morgan fingerprint density at radius 3 is 2.57 bits per heavy atom. The van der Waals surface area contributed by atoms with E-state index in [1.807, 2.05) is 5.32 Å². The molecule has 1 aromatic heterocycles. The van der Waals surface area contributed by atoms with E-state index in [0.29, 0.717) is 6.07 Å². The van der Waals surface area contributed by atoms with Gasteiger partial charge in [-0.3, -0.25) is 10.00 Å². The summed E-state index contributed by atoms with van der Waals surface area (Å²) >= 11 is 0. The molecule has 0 saturated heterocycles. The van der Waals surface area contributed by atoms with Gasteiger partial charge < -0.3 is 5.73 Å². The zero-order valence-corrected chi connectivity index (χ0v) is 7.09. The number of halogens is 3. The lowest BCUT2D eigenvalue weighted by Crippen LogP contribution is -2.20. The predicted molar refractivity (Wildman–Crippen MR) is 41.4 cm³/mol. The summed E-state index contributed by atoms with van der Waals surface area (Å²) in [4.78, 5) is 10.4. The van der Waals surface area contributed by atoms with Crippen LogP contribution in [0.15, 0.2) is 6.07 Å². The fourth-order valence-corrected chi connectivity index (χ4v) is 0.849. The zero-order valence-electron chi connectivity index (χ0n) is 7.09. The Morgan fingerprint density at radius 2 is 2.21 bits per heavy atom. The van der Waals surface area contributed by atoms with Crippen molar-refractivity contribution < 1.29 is 18.0 Å². The summed E-state index contributed by atoms with van der Waals surface area (Å²) in [6.45, 7) is 0. The minimum absolute atomic E-state index is 0.107. The molecular formula is C6H7F3N4O. The molecule has 0 bridgehead atoms. The summed E-state index contributed by atoms with van der Waals surface area (Å²) in [6, 6.07) is -0.244. The number of primary amides is 1. The molecule has 1 heterocycles. The van der Waals surface area contributed by atoms with Crippen LogP contribution in [0.3, 0.4) is 0 Å². The van der Waals surface area contributed by atoms with Gasteiger partial charge in [-0.05, 0) is 0 Å². The molecular weight excluding hydrogens is 201 g/mol. The van der Waals surface area contributed by atoms with Crippen LogP contribution in [0.1, 0.15) is 5.69 Å². The average Bonchev–Trinajstić information content (AvgIpc) is 2.30. The van der Waals surface area contributed by atoms with Crippen molar-refractivity contribution in [1.82, 2.24) is 9.78 Å². The molecule has 0 unspecified atom stereocenters. The normalized spacial score (nSPS) is 11.4. The lowest BCUT2D eigenvalue weighted by atomic mass is 10.4. The number of anilines is 1. The van der Waals surface area contributed by atoms with Crippen molar-refractivity contribution in [3.05, 3.63) is 11.8 Å². The highest BCUT2D eigenvalue weighted by atomic mass is 19.4. The minimum atomic E-state index is -4.53. The van der Waals surface area contributed by atoms with E-state index >= 15 is 0 Å². The van der Waals surface area contributed by atoms with Gasteiger partial charge in [0.15, 0.2) is 5.69 Å². The molecule has 2 amide bonds. The van der Waals surface area contributed by atoms with Crippen molar-refractivity contribution in [2.24, 2.45) is 12.8 Å². The van der Waals surface area contributed by atoms with E-state index in [-0.39, 0.29) is 5.82 Å². The highest BCUT2D eigenvalue weighted by Crippen LogP contribution is 2.29. The number of nitrogens with one attached hydrogen (secondary N) is 1. The van der Waals surface area contributed by atoms with Gasteiger partial charge in [0.05, 0.1) is 0 Å². The van der Waals surface area contributed by atoms with E-state index in [0.717, 1.165) is 4.68 Å². The Morgan fingerprint density at radius 1 is 1.64 bits per heavy atom. The number of aryl methyl sites for hydroxylation is 1. The molecule has 0 aliphatic carbocycles. The van der Waals surface area contributed by atoms with Crippen LogP contribution in [-0.4, -0.2) is 15.8 Å². The maximum atomic E-state index is 12.1.